The van der Waals surface area contributed by atoms with Crippen molar-refractivity contribution < 1.29 is 18.7 Å². The molecule has 2 aromatic heterocycles. The number of aromatic nitrogens is 1. The van der Waals surface area contributed by atoms with Crippen LogP contribution in [0.15, 0.2) is 64.9 Å². The maximum atomic E-state index is 12.9. The topological polar surface area (TPSA) is 84.7 Å². The molecule has 1 aromatic carbocycles. The number of carbonyl (C=O) groups excluding carboxylic acids is 2. The zero-order chi connectivity index (χ0) is 23.7. The van der Waals surface area contributed by atoms with Gasteiger partial charge in [-0.3, -0.25) is 9.59 Å². The summed E-state index contributed by atoms with van der Waals surface area (Å²) in [5.74, 6) is 1.69. The van der Waals surface area contributed by atoms with Gasteiger partial charge in [0.2, 0.25) is 5.91 Å². The summed E-state index contributed by atoms with van der Waals surface area (Å²) in [5.41, 5.74) is 2.00. The number of fused-ring (bicyclic) bond motifs is 1. The van der Waals surface area contributed by atoms with Crippen LogP contribution in [0.5, 0.6) is 5.75 Å². The molecule has 4 rings (SSSR count). The van der Waals surface area contributed by atoms with Crippen molar-refractivity contribution >= 4 is 28.6 Å². The average Bonchev–Trinajstić information content (AvgIpc) is 3.15. The lowest BCUT2D eigenvalue weighted by molar-refractivity contribution is -0.132. The molecule has 1 N–H and O–H groups in total. The highest BCUT2D eigenvalue weighted by Gasteiger charge is 2.26. The van der Waals surface area contributed by atoms with Crippen LogP contribution in [-0.4, -0.2) is 35.8 Å². The van der Waals surface area contributed by atoms with Crippen LogP contribution >= 0.6 is 0 Å². The number of hydrogen-bond donors (Lipinski definition) is 1. The van der Waals surface area contributed by atoms with Gasteiger partial charge in [-0.25, -0.2) is 4.98 Å². The molecule has 33 heavy (non-hydrogen) atoms. The van der Waals surface area contributed by atoms with Crippen molar-refractivity contribution in [3.63, 3.8) is 0 Å². The summed E-state index contributed by atoms with van der Waals surface area (Å²) < 4.78 is 12.0. The molecule has 2 heterocycles. The van der Waals surface area contributed by atoms with Crippen molar-refractivity contribution in [2.45, 2.75) is 20.8 Å². The fourth-order valence-electron chi connectivity index (χ4n) is 3.78. The lowest BCUT2D eigenvalue weighted by atomic mass is 9.88. The fraction of sp³-hybridized carbons (Fsp3) is 0.269. The SMILES string of the molecule is Cc1ccc(NC(=O)c2cc(OC3=CC(C)C(C(=O)N(C)C)C=C3)c3oc(C)cc3c2)nc1. The van der Waals surface area contributed by atoms with Crippen LogP contribution in [0.1, 0.15) is 28.6 Å². The highest BCUT2D eigenvalue weighted by Crippen LogP contribution is 2.34. The smallest absolute Gasteiger partial charge is 0.256 e. The van der Waals surface area contributed by atoms with Gasteiger partial charge in [-0.1, -0.05) is 19.1 Å². The van der Waals surface area contributed by atoms with Crippen molar-refractivity contribution in [1.29, 1.82) is 0 Å². The monoisotopic (exact) mass is 445 g/mol. The van der Waals surface area contributed by atoms with Crippen molar-refractivity contribution in [1.82, 2.24) is 9.88 Å². The van der Waals surface area contributed by atoms with Gasteiger partial charge in [0, 0.05) is 31.2 Å². The Morgan fingerprint density at radius 1 is 1.15 bits per heavy atom. The Morgan fingerprint density at radius 2 is 1.94 bits per heavy atom. The van der Waals surface area contributed by atoms with Gasteiger partial charge in [0.1, 0.15) is 17.3 Å². The van der Waals surface area contributed by atoms with Gasteiger partial charge in [-0.2, -0.15) is 0 Å². The molecule has 1 aliphatic carbocycles. The third kappa shape index (κ3) is 4.82. The summed E-state index contributed by atoms with van der Waals surface area (Å²) >= 11 is 0. The summed E-state index contributed by atoms with van der Waals surface area (Å²) in [6.45, 7) is 5.76. The first kappa shape index (κ1) is 22.3. The highest BCUT2D eigenvalue weighted by atomic mass is 16.5. The van der Waals surface area contributed by atoms with Gasteiger partial charge in [0.05, 0.1) is 5.92 Å². The molecule has 0 saturated heterocycles. The molecule has 1 aliphatic rings. The molecule has 0 fully saturated rings. The van der Waals surface area contributed by atoms with Crippen LogP contribution in [0.25, 0.3) is 11.0 Å². The van der Waals surface area contributed by atoms with E-state index >= 15 is 0 Å². The van der Waals surface area contributed by atoms with Crippen LogP contribution in [0.3, 0.4) is 0 Å². The molecule has 0 radical (unpaired) electrons. The zero-order valence-electron chi connectivity index (χ0n) is 19.4. The number of nitrogens with zero attached hydrogens (tertiary/aromatic N) is 2. The predicted octanol–water partition coefficient (Wildman–Crippen LogP) is 4.87. The molecule has 2 atom stereocenters. The number of benzene rings is 1. The van der Waals surface area contributed by atoms with Crippen molar-refractivity contribution in [3.8, 4) is 5.75 Å². The molecule has 0 bridgehead atoms. The lowest BCUT2D eigenvalue weighted by Crippen LogP contribution is -2.32. The van der Waals surface area contributed by atoms with Crippen LogP contribution in [0.2, 0.25) is 0 Å². The Kier molecular flexibility index (Phi) is 6.05. The van der Waals surface area contributed by atoms with E-state index in [-0.39, 0.29) is 23.7 Å². The van der Waals surface area contributed by atoms with E-state index in [9.17, 15) is 9.59 Å². The van der Waals surface area contributed by atoms with E-state index in [0.29, 0.717) is 34.2 Å². The molecule has 7 heteroatoms. The molecule has 170 valence electrons. The number of amides is 2. The summed E-state index contributed by atoms with van der Waals surface area (Å²) in [5, 5.41) is 3.58. The van der Waals surface area contributed by atoms with E-state index in [0.717, 1.165) is 10.9 Å². The van der Waals surface area contributed by atoms with Gasteiger partial charge in [-0.05, 0) is 61.7 Å². The molecule has 0 aliphatic heterocycles. The van der Waals surface area contributed by atoms with Gasteiger partial charge in [0.25, 0.3) is 5.91 Å². The van der Waals surface area contributed by atoms with E-state index < -0.39 is 0 Å². The van der Waals surface area contributed by atoms with E-state index in [1.165, 1.54) is 0 Å². The molecule has 3 aromatic rings. The lowest BCUT2D eigenvalue weighted by Gasteiger charge is -2.24. The van der Waals surface area contributed by atoms with Gasteiger partial charge in [-0.15, -0.1) is 0 Å². The third-order valence-corrected chi connectivity index (χ3v) is 5.54. The highest BCUT2D eigenvalue weighted by molar-refractivity contribution is 6.06. The van der Waals surface area contributed by atoms with E-state index in [4.69, 9.17) is 9.15 Å². The first-order valence-electron chi connectivity index (χ1n) is 10.8. The van der Waals surface area contributed by atoms with Gasteiger partial charge >= 0.3 is 0 Å². The minimum atomic E-state index is -0.296. The second-order valence-electron chi connectivity index (χ2n) is 8.57. The molecule has 2 unspecified atom stereocenters. The number of carbonyl (C=O) groups is 2. The van der Waals surface area contributed by atoms with E-state index in [1.54, 1.807) is 49.5 Å². The number of aryl methyl sites for hydroxylation is 2. The van der Waals surface area contributed by atoms with Crippen molar-refractivity contribution in [2.24, 2.45) is 11.8 Å². The first-order valence-corrected chi connectivity index (χ1v) is 10.8. The quantitative estimate of drug-likeness (QED) is 0.606. The number of hydrogen-bond acceptors (Lipinski definition) is 5. The van der Waals surface area contributed by atoms with E-state index in [2.05, 4.69) is 10.3 Å². The minimum Gasteiger partial charge on any atom is -0.457 e. The largest absolute Gasteiger partial charge is 0.457 e. The first-order chi connectivity index (χ1) is 15.7. The Labute approximate surface area is 192 Å². The van der Waals surface area contributed by atoms with E-state index in [1.807, 2.05) is 45.1 Å². The fourth-order valence-corrected chi connectivity index (χ4v) is 3.78. The van der Waals surface area contributed by atoms with Gasteiger partial charge in [0.15, 0.2) is 11.3 Å². The molecular formula is C26H27N3O4. The van der Waals surface area contributed by atoms with Crippen LogP contribution in [-0.2, 0) is 4.79 Å². The van der Waals surface area contributed by atoms with Crippen LogP contribution in [0.4, 0.5) is 5.82 Å². The van der Waals surface area contributed by atoms with Gasteiger partial charge < -0.3 is 19.4 Å². The Morgan fingerprint density at radius 3 is 2.61 bits per heavy atom. The zero-order valence-corrected chi connectivity index (χ0v) is 19.4. The Hall–Kier alpha value is -3.87. The standard InChI is InChI=1S/C26H27N3O4/c1-15-6-9-23(27-14-15)28-25(30)19-12-18-11-17(3)32-24(18)22(13-19)33-20-7-8-21(16(2)10-20)26(31)29(4)5/h6-14,16,21H,1-5H3,(H,27,28,30). The number of anilines is 1. The predicted molar refractivity (Wildman–Crippen MR) is 127 cm³/mol. The summed E-state index contributed by atoms with van der Waals surface area (Å²) in [4.78, 5) is 31.1. The second-order valence-corrected chi connectivity index (χ2v) is 8.57. The van der Waals surface area contributed by atoms with Crippen LogP contribution in [0, 0.1) is 25.7 Å². The number of rotatable bonds is 5. The number of ether oxygens (including phenoxy) is 1. The molecule has 7 nitrogen and oxygen atoms in total. The maximum absolute atomic E-state index is 12.9. The summed E-state index contributed by atoms with van der Waals surface area (Å²) in [7, 11) is 3.49. The summed E-state index contributed by atoms with van der Waals surface area (Å²) in [6.07, 6.45) is 7.25. The minimum absolute atomic E-state index is 0.0344. The number of pyridine rings is 1. The van der Waals surface area contributed by atoms with Crippen LogP contribution < -0.4 is 10.1 Å². The van der Waals surface area contributed by atoms with Crippen molar-refractivity contribution in [3.05, 3.63) is 77.4 Å². The Balaban J connectivity index is 1.62. The molecule has 2 amide bonds. The Bertz CT molecular complexity index is 1270. The molecule has 0 spiro atoms. The number of nitrogens with one attached hydrogen (secondary N) is 1. The number of furan rings is 1. The summed E-state index contributed by atoms with van der Waals surface area (Å²) in [6, 6.07) is 8.93. The molecule has 0 saturated carbocycles. The third-order valence-electron chi connectivity index (χ3n) is 5.54. The number of allylic oxidation sites excluding steroid dienone is 2. The normalized spacial score (nSPS) is 17.5. The van der Waals surface area contributed by atoms with Crippen molar-refractivity contribution in [2.75, 3.05) is 19.4 Å². The maximum Gasteiger partial charge on any atom is 0.256 e. The second kappa shape index (κ2) is 8.94. The average molecular weight is 446 g/mol. The molecular weight excluding hydrogens is 418 g/mol.